The van der Waals surface area contributed by atoms with Gasteiger partial charge >= 0.3 is 0 Å². The van der Waals surface area contributed by atoms with Crippen LogP contribution in [0.15, 0.2) is 41.0 Å². The van der Waals surface area contributed by atoms with Crippen molar-refractivity contribution in [2.24, 2.45) is 0 Å². The van der Waals surface area contributed by atoms with Gasteiger partial charge in [-0.1, -0.05) is 0 Å². The maximum absolute atomic E-state index is 6.02. The molecule has 0 aliphatic rings. The van der Waals surface area contributed by atoms with E-state index in [-0.39, 0.29) is 0 Å². The number of pyridine rings is 1. The lowest BCUT2D eigenvalue weighted by atomic mass is 10.1. The number of nitrogens with zero attached hydrogens (tertiary/aromatic N) is 1. The fraction of sp³-hybridized carbons (Fsp3) is 0.133. The first-order chi connectivity index (χ1) is 9.63. The van der Waals surface area contributed by atoms with Crippen LogP contribution in [0.1, 0.15) is 9.75 Å². The zero-order valence-electron chi connectivity index (χ0n) is 11.0. The number of rotatable bonds is 3. The third kappa shape index (κ3) is 2.64. The van der Waals surface area contributed by atoms with E-state index >= 15 is 0 Å². The average molecular weight is 348 g/mol. The number of benzene rings is 1. The Hall–Kier alpha value is -1.59. The number of nitrogen functional groups attached to an aromatic ring is 1. The van der Waals surface area contributed by atoms with Gasteiger partial charge in [0.25, 0.3) is 0 Å². The van der Waals surface area contributed by atoms with Gasteiger partial charge in [-0.15, -0.1) is 11.3 Å². The van der Waals surface area contributed by atoms with Crippen molar-refractivity contribution in [3.8, 4) is 0 Å². The Morgan fingerprint density at radius 1 is 1.30 bits per heavy atom. The molecule has 0 spiro atoms. The van der Waals surface area contributed by atoms with Crippen molar-refractivity contribution >= 4 is 49.5 Å². The molecular formula is C15H14BrN3S. The van der Waals surface area contributed by atoms with Gasteiger partial charge in [0.15, 0.2) is 0 Å². The first-order valence-electron chi connectivity index (χ1n) is 6.26. The molecular weight excluding hydrogens is 334 g/mol. The van der Waals surface area contributed by atoms with Gasteiger partial charge in [-0.2, -0.15) is 0 Å². The molecule has 3 aromatic rings. The number of thiophene rings is 1. The lowest BCUT2D eigenvalue weighted by molar-refractivity contribution is 1.19. The molecule has 2 aromatic heterocycles. The standard InChI is InChI=1S/C15H14BrN3S/c1-9-2-3-11(20-9)8-18-14-5-4-13(17)12-6-10(16)7-19-15(12)14/h2-7,18H,8,17H2,1H3. The van der Waals surface area contributed by atoms with E-state index in [4.69, 9.17) is 5.73 Å². The van der Waals surface area contributed by atoms with Crippen LogP contribution < -0.4 is 11.1 Å². The number of hydrogen-bond acceptors (Lipinski definition) is 4. The monoisotopic (exact) mass is 347 g/mol. The highest BCUT2D eigenvalue weighted by atomic mass is 79.9. The smallest absolute Gasteiger partial charge is 0.0954 e. The minimum atomic E-state index is 0.742. The van der Waals surface area contributed by atoms with Gasteiger partial charge in [0.2, 0.25) is 0 Å². The molecule has 0 aliphatic carbocycles. The molecule has 0 fully saturated rings. The Labute approximate surface area is 130 Å². The molecule has 0 saturated heterocycles. The van der Waals surface area contributed by atoms with Crippen LogP contribution in [-0.2, 0) is 6.54 Å². The molecule has 0 bridgehead atoms. The molecule has 3 rings (SSSR count). The minimum Gasteiger partial charge on any atom is -0.398 e. The molecule has 2 heterocycles. The molecule has 0 unspecified atom stereocenters. The van der Waals surface area contributed by atoms with Crippen molar-refractivity contribution in [1.82, 2.24) is 4.98 Å². The number of nitrogens with two attached hydrogens (primary N) is 1. The van der Waals surface area contributed by atoms with Crippen molar-refractivity contribution in [1.29, 1.82) is 0 Å². The van der Waals surface area contributed by atoms with E-state index < -0.39 is 0 Å². The van der Waals surface area contributed by atoms with Crippen LogP contribution in [0.4, 0.5) is 11.4 Å². The van der Waals surface area contributed by atoms with Crippen molar-refractivity contribution in [3.05, 3.63) is 50.8 Å². The van der Waals surface area contributed by atoms with Crippen molar-refractivity contribution in [2.45, 2.75) is 13.5 Å². The Balaban J connectivity index is 1.93. The fourth-order valence-electron chi connectivity index (χ4n) is 2.12. The summed E-state index contributed by atoms with van der Waals surface area (Å²) < 4.78 is 0.933. The second kappa shape index (κ2) is 5.42. The van der Waals surface area contributed by atoms with Crippen LogP contribution in [0.25, 0.3) is 10.9 Å². The second-order valence-corrected chi connectivity index (χ2v) is 6.91. The number of halogens is 1. The molecule has 0 radical (unpaired) electrons. The summed E-state index contributed by atoms with van der Waals surface area (Å²) in [6, 6.07) is 10.2. The quantitative estimate of drug-likeness (QED) is 0.682. The Morgan fingerprint density at radius 3 is 2.90 bits per heavy atom. The summed E-state index contributed by atoms with van der Waals surface area (Å²) in [4.78, 5) is 7.11. The number of nitrogens with one attached hydrogen (secondary N) is 1. The lowest BCUT2D eigenvalue weighted by Gasteiger charge is -2.10. The van der Waals surface area contributed by atoms with Gasteiger partial charge < -0.3 is 11.1 Å². The predicted molar refractivity (Wildman–Crippen MR) is 90.2 cm³/mol. The van der Waals surface area contributed by atoms with Gasteiger partial charge in [-0.3, -0.25) is 4.98 Å². The highest BCUT2D eigenvalue weighted by Crippen LogP contribution is 2.29. The normalized spacial score (nSPS) is 10.9. The number of fused-ring (bicyclic) bond motifs is 1. The molecule has 0 atom stereocenters. The molecule has 102 valence electrons. The van der Waals surface area contributed by atoms with E-state index in [2.05, 4.69) is 45.3 Å². The summed E-state index contributed by atoms with van der Waals surface area (Å²) in [5.41, 5.74) is 8.67. The van der Waals surface area contributed by atoms with Gasteiger partial charge in [0.05, 0.1) is 11.2 Å². The average Bonchev–Trinajstić information content (AvgIpc) is 2.84. The summed E-state index contributed by atoms with van der Waals surface area (Å²) in [5, 5.41) is 4.41. The van der Waals surface area contributed by atoms with Crippen LogP contribution >= 0.6 is 27.3 Å². The summed E-state index contributed by atoms with van der Waals surface area (Å²) >= 11 is 5.24. The number of hydrogen-bond donors (Lipinski definition) is 2. The largest absolute Gasteiger partial charge is 0.398 e. The summed E-state index contributed by atoms with van der Waals surface area (Å²) in [7, 11) is 0. The zero-order chi connectivity index (χ0) is 14.1. The number of anilines is 2. The van der Waals surface area contributed by atoms with Crippen LogP contribution in [0, 0.1) is 6.92 Å². The van der Waals surface area contributed by atoms with Crippen molar-refractivity contribution in [3.63, 3.8) is 0 Å². The third-order valence-electron chi connectivity index (χ3n) is 3.10. The molecule has 0 amide bonds. The molecule has 0 aliphatic heterocycles. The summed E-state index contributed by atoms with van der Waals surface area (Å²) in [6.07, 6.45) is 1.79. The van der Waals surface area contributed by atoms with Gasteiger partial charge in [-0.05, 0) is 53.2 Å². The van der Waals surface area contributed by atoms with Crippen LogP contribution in [0.5, 0.6) is 0 Å². The lowest BCUT2D eigenvalue weighted by Crippen LogP contribution is -2.00. The maximum Gasteiger partial charge on any atom is 0.0954 e. The Kier molecular flexibility index (Phi) is 3.63. The molecule has 3 nitrogen and oxygen atoms in total. The molecule has 20 heavy (non-hydrogen) atoms. The van der Waals surface area contributed by atoms with E-state index in [1.807, 2.05) is 18.2 Å². The molecule has 3 N–H and O–H groups in total. The molecule has 5 heteroatoms. The SMILES string of the molecule is Cc1ccc(CNc2ccc(N)c3cc(Br)cnc23)s1. The van der Waals surface area contributed by atoms with E-state index in [0.29, 0.717) is 0 Å². The molecule has 0 saturated carbocycles. The van der Waals surface area contributed by atoms with Crippen LogP contribution in [0.3, 0.4) is 0 Å². The van der Waals surface area contributed by atoms with Crippen molar-refractivity contribution < 1.29 is 0 Å². The fourth-order valence-corrected chi connectivity index (χ4v) is 3.28. The van der Waals surface area contributed by atoms with Gasteiger partial charge in [0, 0.05) is 38.0 Å². The zero-order valence-corrected chi connectivity index (χ0v) is 13.4. The second-order valence-electron chi connectivity index (χ2n) is 4.62. The van der Waals surface area contributed by atoms with E-state index in [9.17, 15) is 0 Å². The molecule has 1 aromatic carbocycles. The number of aryl methyl sites for hydroxylation is 1. The maximum atomic E-state index is 6.02. The Morgan fingerprint density at radius 2 is 2.15 bits per heavy atom. The van der Waals surface area contributed by atoms with E-state index in [1.165, 1.54) is 9.75 Å². The van der Waals surface area contributed by atoms with E-state index in [1.54, 1.807) is 17.5 Å². The number of aromatic nitrogens is 1. The van der Waals surface area contributed by atoms with Gasteiger partial charge in [0.1, 0.15) is 0 Å². The topological polar surface area (TPSA) is 50.9 Å². The van der Waals surface area contributed by atoms with Crippen LogP contribution in [-0.4, -0.2) is 4.98 Å². The highest BCUT2D eigenvalue weighted by Gasteiger charge is 2.06. The minimum absolute atomic E-state index is 0.742. The highest BCUT2D eigenvalue weighted by molar-refractivity contribution is 9.10. The van der Waals surface area contributed by atoms with Gasteiger partial charge in [-0.25, -0.2) is 0 Å². The van der Waals surface area contributed by atoms with Crippen LogP contribution in [0.2, 0.25) is 0 Å². The summed E-state index contributed by atoms with van der Waals surface area (Å²) in [5.74, 6) is 0. The first kappa shape index (κ1) is 13.4. The predicted octanol–water partition coefficient (Wildman–Crippen LogP) is 4.56. The third-order valence-corrected chi connectivity index (χ3v) is 4.53. The summed E-state index contributed by atoms with van der Waals surface area (Å²) in [6.45, 7) is 2.92. The first-order valence-corrected chi connectivity index (χ1v) is 7.87. The van der Waals surface area contributed by atoms with E-state index in [0.717, 1.165) is 33.3 Å². The van der Waals surface area contributed by atoms with Crippen molar-refractivity contribution in [2.75, 3.05) is 11.1 Å². The Bertz CT molecular complexity index is 767.